The molecule has 1 aliphatic rings. The third-order valence-electron chi connectivity index (χ3n) is 6.26. The number of nitrogens with one attached hydrogen (secondary N) is 2. The molecule has 4 aromatic carbocycles. The van der Waals surface area contributed by atoms with E-state index in [2.05, 4.69) is 64.9 Å². The van der Waals surface area contributed by atoms with Gasteiger partial charge in [-0.15, -0.1) is 0 Å². The van der Waals surface area contributed by atoms with Gasteiger partial charge in [-0.3, -0.25) is 0 Å². The number of aromatic nitrogens is 1. The molecule has 4 heteroatoms. The van der Waals surface area contributed by atoms with Crippen LogP contribution in [0.5, 0.6) is 5.75 Å². The van der Waals surface area contributed by atoms with Crippen LogP contribution < -0.4 is 10.1 Å². The molecule has 4 nitrogen and oxygen atoms in total. The Labute approximate surface area is 186 Å². The zero-order valence-electron chi connectivity index (χ0n) is 17.6. The van der Waals surface area contributed by atoms with Gasteiger partial charge in [-0.25, -0.2) is 0 Å². The van der Waals surface area contributed by atoms with Gasteiger partial charge in [0.2, 0.25) is 0 Å². The summed E-state index contributed by atoms with van der Waals surface area (Å²) in [6.45, 7) is 0.643. The van der Waals surface area contributed by atoms with Gasteiger partial charge in [-0.05, 0) is 59.0 Å². The topological polar surface area (TPSA) is 57.3 Å². The van der Waals surface area contributed by atoms with Crippen molar-refractivity contribution >= 4 is 27.5 Å². The van der Waals surface area contributed by atoms with Gasteiger partial charge in [-0.2, -0.15) is 0 Å². The number of benzene rings is 4. The Morgan fingerprint density at radius 2 is 1.66 bits per heavy atom. The van der Waals surface area contributed by atoms with E-state index >= 15 is 0 Å². The highest BCUT2D eigenvalue weighted by atomic mass is 16.5. The molecule has 1 unspecified atom stereocenters. The summed E-state index contributed by atoms with van der Waals surface area (Å²) in [5.41, 5.74) is 8.45. The molecule has 158 valence electrons. The molecule has 0 saturated carbocycles. The van der Waals surface area contributed by atoms with Crippen molar-refractivity contribution in [3.8, 4) is 16.9 Å². The molecule has 6 rings (SSSR count). The van der Waals surface area contributed by atoms with Gasteiger partial charge in [0.15, 0.2) is 0 Å². The van der Waals surface area contributed by atoms with Gasteiger partial charge < -0.3 is 20.1 Å². The largest absolute Gasteiger partial charge is 0.490 e. The molecule has 1 heterocycles. The summed E-state index contributed by atoms with van der Waals surface area (Å²) in [6, 6.07) is 29.2. The number of rotatable bonds is 6. The highest BCUT2D eigenvalue weighted by molar-refractivity contribution is 6.10. The van der Waals surface area contributed by atoms with Gasteiger partial charge in [0, 0.05) is 28.5 Å². The second-order valence-electron chi connectivity index (χ2n) is 8.40. The second-order valence-corrected chi connectivity index (χ2v) is 8.40. The molecule has 3 N–H and O–H groups in total. The van der Waals surface area contributed by atoms with Crippen LogP contribution in [-0.4, -0.2) is 29.3 Å². The number of hydrogen-bond acceptors (Lipinski definition) is 3. The van der Waals surface area contributed by atoms with E-state index in [1.54, 1.807) is 0 Å². The molecular formula is C28H24N2O2. The number of para-hydroxylation sites is 1. The summed E-state index contributed by atoms with van der Waals surface area (Å²) in [4.78, 5) is 3.43. The number of aliphatic hydroxyl groups excluding tert-OH is 1. The first-order valence-electron chi connectivity index (χ1n) is 11.0. The van der Waals surface area contributed by atoms with Gasteiger partial charge in [0.05, 0.1) is 5.52 Å². The number of aromatic amines is 1. The molecule has 5 aromatic rings. The van der Waals surface area contributed by atoms with Crippen molar-refractivity contribution in [3.63, 3.8) is 0 Å². The van der Waals surface area contributed by atoms with Gasteiger partial charge in [0.1, 0.15) is 18.5 Å². The maximum Gasteiger partial charge on any atom is 0.129 e. The smallest absolute Gasteiger partial charge is 0.129 e. The number of aliphatic hydroxyl groups is 1. The Morgan fingerprint density at radius 1 is 0.844 bits per heavy atom. The molecule has 1 aromatic heterocycles. The highest BCUT2D eigenvalue weighted by Gasteiger charge is 2.18. The Balaban J connectivity index is 1.14. The maximum absolute atomic E-state index is 10.6. The minimum atomic E-state index is -0.629. The lowest BCUT2D eigenvalue weighted by Gasteiger charge is -2.15. The number of fused-ring (bicyclic) bond motifs is 6. The third-order valence-corrected chi connectivity index (χ3v) is 6.26. The average molecular weight is 421 g/mol. The minimum absolute atomic E-state index is 0.222. The standard InChI is InChI=1S/C28H24N2O2/c31-21(16-29-20-13-12-19-14-18-6-1-2-7-22(18)24(19)15-20)17-32-27-11-5-10-26-28(27)23-8-3-4-9-25(23)30-26/h1-13,15,21,29-31H,14,16-17H2. The van der Waals surface area contributed by atoms with Crippen LogP contribution in [0.15, 0.2) is 84.9 Å². The Morgan fingerprint density at radius 3 is 2.62 bits per heavy atom. The van der Waals surface area contributed by atoms with E-state index < -0.39 is 6.10 Å². The number of H-pyrrole nitrogens is 1. The second kappa shape index (κ2) is 7.74. The van der Waals surface area contributed by atoms with Crippen molar-refractivity contribution in [1.29, 1.82) is 0 Å². The summed E-state index contributed by atoms with van der Waals surface area (Å²) in [7, 11) is 0. The molecule has 1 atom stereocenters. The van der Waals surface area contributed by atoms with Crippen molar-refractivity contribution in [3.05, 3.63) is 96.1 Å². The monoisotopic (exact) mass is 420 g/mol. The molecule has 0 fully saturated rings. The molecule has 0 spiro atoms. The van der Waals surface area contributed by atoms with Gasteiger partial charge in [0.25, 0.3) is 0 Å². The fraction of sp³-hybridized carbons (Fsp3) is 0.143. The summed E-state index contributed by atoms with van der Waals surface area (Å²) < 4.78 is 6.05. The van der Waals surface area contributed by atoms with E-state index in [-0.39, 0.29) is 6.61 Å². The molecule has 0 bridgehead atoms. The summed E-state index contributed by atoms with van der Waals surface area (Å²) in [5.74, 6) is 0.785. The fourth-order valence-electron chi connectivity index (χ4n) is 4.70. The lowest BCUT2D eigenvalue weighted by Crippen LogP contribution is -2.26. The summed E-state index contributed by atoms with van der Waals surface area (Å²) in [6.07, 6.45) is 0.359. The molecule has 32 heavy (non-hydrogen) atoms. The number of hydrogen-bond donors (Lipinski definition) is 3. The van der Waals surface area contributed by atoms with Gasteiger partial charge >= 0.3 is 0 Å². The highest BCUT2D eigenvalue weighted by Crippen LogP contribution is 2.38. The maximum atomic E-state index is 10.6. The van der Waals surface area contributed by atoms with Crippen LogP contribution in [0.3, 0.4) is 0 Å². The summed E-state index contributed by atoms with van der Waals surface area (Å²) >= 11 is 0. The zero-order valence-corrected chi connectivity index (χ0v) is 17.6. The van der Waals surface area contributed by atoms with Crippen LogP contribution >= 0.6 is 0 Å². The van der Waals surface area contributed by atoms with E-state index in [1.807, 2.05) is 30.3 Å². The molecular weight excluding hydrogens is 396 g/mol. The normalized spacial score (nSPS) is 13.2. The van der Waals surface area contributed by atoms with Crippen LogP contribution in [0.1, 0.15) is 11.1 Å². The molecule has 0 radical (unpaired) electrons. The first-order valence-corrected chi connectivity index (χ1v) is 11.0. The fourth-order valence-corrected chi connectivity index (χ4v) is 4.70. The van der Waals surface area contributed by atoms with E-state index in [9.17, 15) is 5.11 Å². The van der Waals surface area contributed by atoms with Crippen LogP contribution in [0.2, 0.25) is 0 Å². The SMILES string of the molecule is OC(CNc1ccc2c(c1)-c1ccccc1C2)COc1cccc2[nH]c3ccccc3c12. The van der Waals surface area contributed by atoms with Crippen molar-refractivity contribution in [2.75, 3.05) is 18.5 Å². The first-order chi connectivity index (χ1) is 15.8. The minimum Gasteiger partial charge on any atom is -0.490 e. The molecule has 1 aliphatic carbocycles. The Kier molecular flexibility index (Phi) is 4.58. The Bertz CT molecular complexity index is 1440. The van der Waals surface area contributed by atoms with Crippen molar-refractivity contribution in [1.82, 2.24) is 4.98 Å². The predicted molar refractivity (Wildman–Crippen MR) is 130 cm³/mol. The van der Waals surface area contributed by atoms with Crippen LogP contribution in [0.4, 0.5) is 5.69 Å². The van der Waals surface area contributed by atoms with Crippen molar-refractivity contribution < 1.29 is 9.84 Å². The molecule has 0 amide bonds. The van der Waals surface area contributed by atoms with E-state index in [0.29, 0.717) is 6.54 Å². The summed E-state index contributed by atoms with van der Waals surface area (Å²) in [5, 5.41) is 16.1. The number of ether oxygens (including phenoxy) is 1. The van der Waals surface area contributed by atoms with Crippen LogP contribution in [0, 0.1) is 0 Å². The predicted octanol–water partition coefficient (Wildman–Crippen LogP) is 5.74. The van der Waals surface area contributed by atoms with Crippen molar-refractivity contribution in [2.24, 2.45) is 0 Å². The van der Waals surface area contributed by atoms with E-state index in [1.165, 1.54) is 22.3 Å². The lowest BCUT2D eigenvalue weighted by molar-refractivity contribution is 0.118. The van der Waals surface area contributed by atoms with Crippen LogP contribution in [-0.2, 0) is 6.42 Å². The molecule has 0 saturated heterocycles. The zero-order chi connectivity index (χ0) is 21.5. The van der Waals surface area contributed by atoms with E-state index in [0.717, 1.165) is 39.7 Å². The first kappa shape index (κ1) is 19.0. The third kappa shape index (κ3) is 3.29. The lowest BCUT2D eigenvalue weighted by atomic mass is 10.1. The van der Waals surface area contributed by atoms with Crippen LogP contribution in [0.25, 0.3) is 32.9 Å². The van der Waals surface area contributed by atoms with Gasteiger partial charge in [-0.1, -0.05) is 54.6 Å². The Hall–Kier alpha value is -3.76. The average Bonchev–Trinajstić information content (AvgIpc) is 3.39. The number of anilines is 1. The quantitative estimate of drug-likeness (QED) is 0.322. The molecule has 0 aliphatic heterocycles. The van der Waals surface area contributed by atoms with Crippen molar-refractivity contribution in [2.45, 2.75) is 12.5 Å². The van der Waals surface area contributed by atoms with E-state index in [4.69, 9.17) is 4.74 Å².